The number of carboxylic acid groups (broad SMARTS) is 1. The van der Waals surface area contributed by atoms with Crippen LogP contribution in [0, 0.1) is 18.8 Å². The maximum absolute atomic E-state index is 11.2. The predicted molar refractivity (Wildman–Crippen MR) is 177 cm³/mol. The highest BCUT2D eigenvalue weighted by Gasteiger charge is 2.40. The van der Waals surface area contributed by atoms with Crippen molar-refractivity contribution in [1.29, 1.82) is 0 Å². The zero-order valence-corrected chi connectivity index (χ0v) is 26.5. The number of carboxylic acids is 1. The van der Waals surface area contributed by atoms with E-state index in [0.29, 0.717) is 12.4 Å². The molecule has 0 amide bonds. The average Bonchev–Trinajstić information content (AvgIpc) is 3.47. The van der Waals surface area contributed by atoms with Crippen molar-refractivity contribution in [3.05, 3.63) is 83.7 Å². The SMILES string of the molecule is Cc1ccccc1C1=CC=CC(Nc2nccc3cc(CN4CCC(CC(=O)O)C4)cnc23)(OCCCN2CCOCC2)C1C. The van der Waals surface area contributed by atoms with Gasteiger partial charge in [-0.25, -0.2) is 4.98 Å². The highest BCUT2D eigenvalue weighted by Crippen LogP contribution is 2.40. The summed E-state index contributed by atoms with van der Waals surface area (Å²) >= 11 is 0. The fourth-order valence-electron chi connectivity index (χ4n) is 6.94. The summed E-state index contributed by atoms with van der Waals surface area (Å²) in [5.41, 5.74) is 4.78. The summed E-state index contributed by atoms with van der Waals surface area (Å²) in [5.74, 6) is 0.184. The lowest BCUT2D eigenvalue weighted by molar-refractivity contribution is -0.138. The van der Waals surface area contributed by atoms with E-state index < -0.39 is 11.7 Å². The first-order chi connectivity index (χ1) is 21.9. The Labute approximate surface area is 265 Å². The van der Waals surface area contributed by atoms with Crippen LogP contribution in [0.25, 0.3) is 16.5 Å². The van der Waals surface area contributed by atoms with Gasteiger partial charge in [0.15, 0.2) is 11.5 Å². The molecule has 0 bridgehead atoms. The molecule has 3 aromatic rings. The van der Waals surface area contributed by atoms with E-state index >= 15 is 0 Å². The summed E-state index contributed by atoms with van der Waals surface area (Å²) in [4.78, 5) is 25.6. The van der Waals surface area contributed by atoms with Gasteiger partial charge in [-0.1, -0.05) is 43.3 Å². The molecular formula is C36H45N5O4. The molecule has 45 heavy (non-hydrogen) atoms. The van der Waals surface area contributed by atoms with Gasteiger partial charge in [0.25, 0.3) is 0 Å². The molecule has 3 unspecified atom stereocenters. The summed E-state index contributed by atoms with van der Waals surface area (Å²) in [7, 11) is 0. The molecule has 4 heterocycles. The Kier molecular flexibility index (Phi) is 9.90. The Morgan fingerprint density at radius 3 is 2.82 bits per heavy atom. The van der Waals surface area contributed by atoms with Crippen molar-refractivity contribution < 1.29 is 19.4 Å². The largest absolute Gasteiger partial charge is 0.481 e. The molecule has 0 saturated carbocycles. The van der Waals surface area contributed by atoms with Gasteiger partial charge in [-0.15, -0.1) is 0 Å². The highest BCUT2D eigenvalue weighted by atomic mass is 16.5. The number of aromatic nitrogens is 2. The molecule has 0 radical (unpaired) electrons. The normalized spacial score (nSPS) is 24.2. The van der Waals surface area contributed by atoms with Crippen LogP contribution in [0.3, 0.4) is 0 Å². The van der Waals surface area contributed by atoms with Crippen LogP contribution in [-0.2, 0) is 20.8 Å². The molecule has 2 fully saturated rings. The van der Waals surface area contributed by atoms with E-state index in [9.17, 15) is 9.90 Å². The molecule has 2 aromatic heterocycles. The maximum atomic E-state index is 11.2. The fourth-order valence-corrected chi connectivity index (χ4v) is 6.94. The molecule has 3 aliphatic rings. The van der Waals surface area contributed by atoms with Gasteiger partial charge in [0.05, 0.1) is 19.8 Å². The van der Waals surface area contributed by atoms with Crippen LogP contribution in [0.15, 0.2) is 67.0 Å². The molecule has 0 spiro atoms. The number of ether oxygens (including phenoxy) is 2. The first kappa shape index (κ1) is 31.4. The number of nitrogens with zero attached hydrogens (tertiary/aromatic N) is 4. The molecule has 2 N–H and O–H groups in total. The molecule has 9 heteroatoms. The second-order valence-electron chi connectivity index (χ2n) is 12.7. The molecule has 1 aliphatic carbocycles. The minimum Gasteiger partial charge on any atom is -0.481 e. The third-order valence-corrected chi connectivity index (χ3v) is 9.46. The number of benzene rings is 1. The van der Waals surface area contributed by atoms with E-state index in [-0.39, 0.29) is 18.3 Å². The fraction of sp³-hybridized carbons (Fsp3) is 0.472. The van der Waals surface area contributed by atoms with Gasteiger partial charge >= 0.3 is 5.97 Å². The number of hydrogen-bond donors (Lipinski definition) is 2. The van der Waals surface area contributed by atoms with Crippen LogP contribution in [-0.4, -0.2) is 89.1 Å². The predicted octanol–water partition coefficient (Wildman–Crippen LogP) is 5.37. The molecule has 238 valence electrons. The zero-order chi connectivity index (χ0) is 31.2. The molecule has 1 aromatic carbocycles. The summed E-state index contributed by atoms with van der Waals surface area (Å²) < 4.78 is 12.4. The number of aryl methyl sites for hydroxylation is 1. The number of aliphatic carboxylic acids is 1. The minimum atomic E-state index is -0.812. The third-order valence-electron chi connectivity index (χ3n) is 9.46. The first-order valence-electron chi connectivity index (χ1n) is 16.3. The van der Waals surface area contributed by atoms with Gasteiger partial charge in [-0.2, -0.15) is 0 Å². The van der Waals surface area contributed by atoms with Gasteiger partial charge in [-0.3, -0.25) is 19.6 Å². The summed E-state index contributed by atoms with van der Waals surface area (Å²) in [6.07, 6.45) is 12.3. The van der Waals surface area contributed by atoms with Crippen molar-refractivity contribution in [2.24, 2.45) is 11.8 Å². The van der Waals surface area contributed by atoms with Crippen LogP contribution in [0.1, 0.15) is 42.9 Å². The molecule has 6 rings (SSSR count). The number of carbonyl (C=O) groups is 1. The molecule has 9 nitrogen and oxygen atoms in total. The number of rotatable bonds is 12. The lowest BCUT2D eigenvalue weighted by atomic mass is 9.80. The summed E-state index contributed by atoms with van der Waals surface area (Å²) in [6, 6.07) is 12.7. The van der Waals surface area contributed by atoms with E-state index in [2.05, 4.69) is 77.5 Å². The monoisotopic (exact) mass is 611 g/mol. The number of pyridine rings is 2. The van der Waals surface area contributed by atoms with Crippen molar-refractivity contribution in [2.75, 3.05) is 57.9 Å². The minimum absolute atomic E-state index is 0.00256. The van der Waals surface area contributed by atoms with E-state index in [1.165, 1.54) is 16.7 Å². The van der Waals surface area contributed by atoms with Crippen LogP contribution in [0.4, 0.5) is 5.82 Å². The number of hydrogen-bond acceptors (Lipinski definition) is 8. The van der Waals surface area contributed by atoms with Gasteiger partial charge in [-0.05, 0) is 72.7 Å². The van der Waals surface area contributed by atoms with Crippen molar-refractivity contribution in [3.63, 3.8) is 0 Å². The molecule has 2 aliphatic heterocycles. The van der Waals surface area contributed by atoms with Crippen LogP contribution in [0.2, 0.25) is 0 Å². The van der Waals surface area contributed by atoms with Crippen LogP contribution in [0.5, 0.6) is 0 Å². The molecule has 3 atom stereocenters. The Morgan fingerprint density at radius 2 is 2.00 bits per heavy atom. The van der Waals surface area contributed by atoms with E-state index in [4.69, 9.17) is 19.4 Å². The first-order valence-corrected chi connectivity index (χ1v) is 16.3. The standard InChI is InChI=1S/C36H45N5O4/c1-26-7-3-4-8-31(26)32-9-5-12-36(27(32)2,45-18-6-14-40-16-19-44-20-17-40)39-35-34-30(10-13-37-35)21-29(23-38-34)25-41-15-11-28(24-41)22-33(42)43/h3-5,7-10,12-13,21,23,27-28H,6,11,14-20,22,24-25H2,1-2H3,(H,37,39)(H,42,43). The second-order valence-corrected chi connectivity index (χ2v) is 12.7. The number of nitrogens with one attached hydrogen (secondary N) is 1. The smallest absolute Gasteiger partial charge is 0.303 e. The Balaban J connectivity index is 1.22. The van der Waals surface area contributed by atoms with E-state index in [0.717, 1.165) is 81.8 Å². The van der Waals surface area contributed by atoms with Crippen LogP contribution < -0.4 is 5.32 Å². The average molecular weight is 612 g/mol. The zero-order valence-electron chi connectivity index (χ0n) is 26.5. The van der Waals surface area contributed by atoms with E-state index in [1.807, 2.05) is 18.5 Å². The Morgan fingerprint density at radius 1 is 1.16 bits per heavy atom. The number of fused-ring (bicyclic) bond motifs is 1. The summed E-state index contributed by atoms with van der Waals surface area (Å²) in [6.45, 7) is 11.9. The number of morpholine rings is 1. The van der Waals surface area contributed by atoms with Crippen molar-refractivity contribution in [2.45, 2.75) is 45.4 Å². The van der Waals surface area contributed by atoms with E-state index in [1.54, 1.807) is 0 Å². The van der Waals surface area contributed by atoms with Crippen molar-refractivity contribution >= 4 is 28.3 Å². The maximum Gasteiger partial charge on any atom is 0.303 e. The van der Waals surface area contributed by atoms with Gasteiger partial charge in [0.1, 0.15) is 5.52 Å². The van der Waals surface area contributed by atoms with Gasteiger partial charge < -0.3 is 19.9 Å². The second kappa shape index (κ2) is 14.2. The molecule has 2 saturated heterocycles. The van der Waals surface area contributed by atoms with Crippen molar-refractivity contribution in [3.8, 4) is 0 Å². The number of likely N-dealkylation sites (tertiary alicyclic amines) is 1. The topological polar surface area (TPSA) is 100 Å². The molecular weight excluding hydrogens is 566 g/mol. The van der Waals surface area contributed by atoms with Gasteiger partial charge in [0, 0.05) is 62.8 Å². The Hall–Kier alpha value is -3.63. The lowest BCUT2D eigenvalue weighted by Crippen LogP contribution is -2.48. The summed E-state index contributed by atoms with van der Waals surface area (Å²) in [5, 5.41) is 13.9. The quantitative estimate of drug-likeness (QED) is 0.207. The highest BCUT2D eigenvalue weighted by molar-refractivity contribution is 5.89. The number of anilines is 1. The van der Waals surface area contributed by atoms with Gasteiger partial charge in [0.2, 0.25) is 0 Å². The van der Waals surface area contributed by atoms with Crippen molar-refractivity contribution in [1.82, 2.24) is 19.8 Å². The third kappa shape index (κ3) is 7.44. The van der Waals surface area contributed by atoms with Crippen LogP contribution >= 0.6 is 0 Å². The lowest BCUT2D eigenvalue weighted by Gasteiger charge is -2.41. The Bertz CT molecular complexity index is 1550. The number of allylic oxidation sites excluding steroid dienone is 2.